The van der Waals surface area contributed by atoms with Gasteiger partial charge in [-0.3, -0.25) is 9.69 Å². The normalized spacial score (nSPS) is 24.5. The third kappa shape index (κ3) is 4.90. The van der Waals surface area contributed by atoms with E-state index in [0.29, 0.717) is 6.10 Å². The summed E-state index contributed by atoms with van der Waals surface area (Å²) in [6.07, 6.45) is 2.74. The van der Waals surface area contributed by atoms with Gasteiger partial charge in [-0.2, -0.15) is 0 Å². The maximum absolute atomic E-state index is 12.8. The summed E-state index contributed by atoms with van der Waals surface area (Å²) in [5.41, 5.74) is 1.81. The van der Waals surface area contributed by atoms with Gasteiger partial charge >= 0.3 is 0 Å². The molecular formula is C19H29N3O2S. The maximum atomic E-state index is 12.8. The lowest BCUT2D eigenvalue weighted by Gasteiger charge is -2.40. The zero-order valence-electron chi connectivity index (χ0n) is 15.2. The molecule has 2 fully saturated rings. The van der Waals surface area contributed by atoms with Gasteiger partial charge in [-0.05, 0) is 44.0 Å². The molecule has 2 aliphatic heterocycles. The first-order chi connectivity index (χ1) is 12.2. The number of hydrogen-bond acceptors (Lipinski definition) is 5. The van der Waals surface area contributed by atoms with Crippen molar-refractivity contribution in [2.45, 2.75) is 38.8 Å². The maximum Gasteiger partial charge on any atom is 0.254 e. The number of carbonyl (C=O) groups excluding carboxylic acids is 1. The number of nitrogens with zero attached hydrogens (tertiary/aromatic N) is 2. The fraction of sp³-hybridized carbons (Fsp3) is 0.632. The van der Waals surface area contributed by atoms with Crippen LogP contribution in [0.4, 0.5) is 5.69 Å². The van der Waals surface area contributed by atoms with Crippen LogP contribution in [0.1, 0.15) is 37.0 Å². The minimum Gasteiger partial charge on any atom is -0.377 e. The highest BCUT2D eigenvalue weighted by Crippen LogP contribution is 2.19. The zero-order chi connectivity index (χ0) is 17.6. The van der Waals surface area contributed by atoms with Crippen molar-refractivity contribution in [3.05, 3.63) is 29.8 Å². The molecule has 2 aliphatic rings. The van der Waals surface area contributed by atoms with Crippen LogP contribution in [0.3, 0.4) is 0 Å². The summed E-state index contributed by atoms with van der Waals surface area (Å²) in [6.45, 7) is 8.81. The summed E-state index contributed by atoms with van der Waals surface area (Å²) >= 11 is 1.66. The molecule has 1 amide bonds. The fourth-order valence-electron chi connectivity index (χ4n) is 3.58. The lowest BCUT2D eigenvalue weighted by molar-refractivity contribution is 0.0279. The van der Waals surface area contributed by atoms with E-state index in [1.807, 2.05) is 29.2 Å². The van der Waals surface area contributed by atoms with Crippen LogP contribution in [0.15, 0.2) is 24.3 Å². The van der Waals surface area contributed by atoms with Gasteiger partial charge < -0.3 is 14.4 Å². The van der Waals surface area contributed by atoms with Crippen molar-refractivity contribution < 1.29 is 9.53 Å². The number of ether oxygens (including phenoxy) is 1. The van der Waals surface area contributed by atoms with E-state index >= 15 is 0 Å². The Balaban J connectivity index is 1.53. The number of hydrogen-bond donors (Lipinski definition) is 1. The van der Waals surface area contributed by atoms with Crippen LogP contribution in [0.5, 0.6) is 0 Å². The molecule has 1 aromatic carbocycles. The van der Waals surface area contributed by atoms with E-state index in [9.17, 15) is 4.79 Å². The van der Waals surface area contributed by atoms with Crippen LogP contribution in [-0.4, -0.2) is 66.4 Å². The van der Waals surface area contributed by atoms with Crippen LogP contribution in [0.2, 0.25) is 0 Å². The van der Waals surface area contributed by atoms with Crippen molar-refractivity contribution >= 4 is 23.5 Å². The van der Waals surface area contributed by atoms with Gasteiger partial charge in [0.25, 0.3) is 5.91 Å². The van der Waals surface area contributed by atoms with E-state index in [4.69, 9.17) is 4.74 Å². The Morgan fingerprint density at radius 2 is 2.12 bits per heavy atom. The van der Waals surface area contributed by atoms with Crippen molar-refractivity contribution in [3.63, 3.8) is 0 Å². The molecule has 1 N–H and O–H groups in total. The largest absolute Gasteiger partial charge is 0.377 e. The Bertz CT molecular complexity index is 560. The van der Waals surface area contributed by atoms with E-state index in [1.54, 1.807) is 11.9 Å². The molecule has 6 heteroatoms. The molecule has 3 rings (SSSR count). The summed E-state index contributed by atoms with van der Waals surface area (Å²) < 4.78 is 9.01. The average Bonchev–Trinajstić information content (AvgIpc) is 3.13. The molecule has 0 spiro atoms. The Morgan fingerprint density at radius 3 is 2.76 bits per heavy atom. The van der Waals surface area contributed by atoms with Crippen LogP contribution in [-0.2, 0) is 4.74 Å². The molecule has 0 saturated carbocycles. The summed E-state index contributed by atoms with van der Waals surface area (Å²) in [6, 6.07) is 8.04. The molecular weight excluding hydrogens is 334 g/mol. The van der Waals surface area contributed by atoms with Crippen molar-refractivity contribution in [2.24, 2.45) is 0 Å². The smallest absolute Gasteiger partial charge is 0.254 e. The molecule has 138 valence electrons. The van der Waals surface area contributed by atoms with Gasteiger partial charge in [0.1, 0.15) is 0 Å². The second kappa shape index (κ2) is 8.92. The van der Waals surface area contributed by atoms with Crippen molar-refractivity contribution in [3.8, 4) is 0 Å². The third-order valence-corrected chi connectivity index (χ3v) is 5.59. The second-order valence-corrected chi connectivity index (χ2v) is 7.92. The van der Waals surface area contributed by atoms with Crippen molar-refractivity contribution in [1.29, 1.82) is 0 Å². The molecule has 1 unspecified atom stereocenters. The summed E-state index contributed by atoms with van der Waals surface area (Å²) in [5.74, 6) is 1.15. The number of nitrogens with one attached hydrogen (secondary N) is 1. The molecule has 1 aromatic rings. The Labute approximate surface area is 155 Å². The average molecular weight is 364 g/mol. The number of rotatable bonds is 6. The Kier molecular flexibility index (Phi) is 6.62. The number of piperazine rings is 1. The fourth-order valence-corrected chi connectivity index (χ4v) is 4.03. The zero-order valence-corrected chi connectivity index (χ0v) is 16.1. The van der Waals surface area contributed by atoms with Gasteiger partial charge in [-0.25, -0.2) is 0 Å². The molecule has 5 nitrogen and oxygen atoms in total. The number of carbonyl (C=O) groups is 1. The first-order valence-corrected chi connectivity index (χ1v) is 10.3. The van der Waals surface area contributed by atoms with E-state index in [1.165, 1.54) is 12.8 Å². The molecule has 2 atom stereocenters. The van der Waals surface area contributed by atoms with E-state index in [0.717, 1.165) is 49.8 Å². The SMILES string of the molecule is CCSNc1ccc(C(=O)N2CCN(CC3CCCO3)C[C@@H]2C)cc1. The summed E-state index contributed by atoms with van der Waals surface area (Å²) in [4.78, 5) is 17.3. The molecule has 0 radical (unpaired) electrons. The predicted octanol–water partition coefficient (Wildman–Crippen LogP) is 3.09. The summed E-state index contributed by atoms with van der Waals surface area (Å²) in [5, 5.41) is 0. The standard InChI is InChI=1S/C19H29N3O2S/c1-3-25-20-17-8-6-16(7-9-17)19(23)22-11-10-21(13-15(22)2)14-18-5-4-12-24-18/h6-9,15,18,20H,3-5,10-14H2,1-2H3/t15-,18?/m0/s1. The number of anilines is 1. The van der Waals surface area contributed by atoms with Gasteiger partial charge in [-0.15, -0.1) is 0 Å². The number of amides is 1. The van der Waals surface area contributed by atoms with Gasteiger partial charge in [0.05, 0.1) is 6.10 Å². The van der Waals surface area contributed by atoms with Crippen LogP contribution in [0, 0.1) is 0 Å². The topological polar surface area (TPSA) is 44.8 Å². The monoisotopic (exact) mass is 363 g/mol. The Morgan fingerprint density at radius 1 is 1.32 bits per heavy atom. The van der Waals surface area contributed by atoms with Gasteiger partial charge in [-0.1, -0.05) is 18.9 Å². The van der Waals surface area contributed by atoms with Crippen LogP contribution in [0.25, 0.3) is 0 Å². The van der Waals surface area contributed by atoms with Gasteiger partial charge in [0, 0.05) is 55.8 Å². The summed E-state index contributed by atoms with van der Waals surface area (Å²) in [7, 11) is 0. The quantitative estimate of drug-likeness (QED) is 0.787. The highest BCUT2D eigenvalue weighted by Gasteiger charge is 2.29. The van der Waals surface area contributed by atoms with Crippen LogP contribution < -0.4 is 4.72 Å². The number of benzene rings is 1. The predicted molar refractivity (Wildman–Crippen MR) is 104 cm³/mol. The van der Waals surface area contributed by atoms with Gasteiger partial charge in [0.15, 0.2) is 0 Å². The highest BCUT2D eigenvalue weighted by molar-refractivity contribution is 8.00. The first kappa shape index (κ1) is 18.5. The lowest BCUT2D eigenvalue weighted by atomic mass is 10.1. The molecule has 25 heavy (non-hydrogen) atoms. The minimum atomic E-state index is 0.138. The minimum absolute atomic E-state index is 0.138. The molecule has 2 saturated heterocycles. The van der Waals surface area contributed by atoms with Crippen LogP contribution >= 0.6 is 11.9 Å². The Hall–Kier alpha value is -1.24. The van der Waals surface area contributed by atoms with Crippen molar-refractivity contribution in [1.82, 2.24) is 9.80 Å². The van der Waals surface area contributed by atoms with Gasteiger partial charge in [0.2, 0.25) is 0 Å². The second-order valence-electron chi connectivity index (χ2n) is 6.85. The van der Waals surface area contributed by atoms with E-state index < -0.39 is 0 Å². The van der Waals surface area contributed by atoms with Crippen molar-refractivity contribution in [2.75, 3.05) is 43.3 Å². The van der Waals surface area contributed by atoms with E-state index in [2.05, 4.69) is 23.5 Å². The third-order valence-electron chi connectivity index (χ3n) is 4.92. The van der Waals surface area contributed by atoms with E-state index in [-0.39, 0.29) is 11.9 Å². The molecule has 0 bridgehead atoms. The molecule has 0 aliphatic carbocycles. The first-order valence-electron chi connectivity index (χ1n) is 9.30. The highest BCUT2D eigenvalue weighted by atomic mass is 32.2. The molecule has 0 aromatic heterocycles. The lowest BCUT2D eigenvalue weighted by Crippen LogP contribution is -2.55. The molecule has 2 heterocycles.